The molecule has 0 aromatic carbocycles. The van der Waals surface area contributed by atoms with Gasteiger partial charge in [-0.15, -0.1) is 0 Å². The number of hydrogen-bond donors (Lipinski definition) is 2. The van der Waals surface area contributed by atoms with Gasteiger partial charge in [-0.3, -0.25) is 0 Å². The molecule has 1 aliphatic heterocycles. The van der Waals surface area contributed by atoms with E-state index in [0.29, 0.717) is 12.2 Å². The maximum absolute atomic E-state index is 10.4. The van der Waals surface area contributed by atoms with E-state index in [0.717, 1.165) is 19.3 Å². The molecule has 2 N–H and O–H groups in total. The van der Waals surface area contributed by atoms with Crippen LogP contribution in [0.25, 0.3) is 0 Å². The van der Waals surface area contributed by atoms with Gasteiger partial charge in [0.1, 0.15) is 6.23 Å². The number of hydrogen-bond acceptors (Lipinski definition) is 5. The van der Waals surface area contributed by atoms with Crippen LogP contribution in [0.3, 0.4) is 0 Å². The van der Waals surface area contributed by atoms with Gasteiger partial charge in [-0.1, -0.05) is 0 Å². The molecular formula is C14H25BN2O4. The molecule has 0 saturated carbocycles. The minimum Gasteiger partial charge on any atom is -0.422 e. The third-order valence-electron chi connectivity index (χ3n) is 4.29. The summed E-state index contributed by atoms with van der Waals surface area (Å²) in [5.41, 5.74) is -1.45. The summed E-state index contributed by atoms with van der Waals surface area (Å²) in [6, 6.07) is 0. The Morgan fingerprint density at radius 1 is 1.38 bits per heavy atom. The van der Waals surface area contributed by atoms with Crippen molar-refractivity contribution in [1.82, 2.24) is 9.55 Å². The number of aromatic nitrogens is 2. The summed E-state index contributed by atoms with van der Waals surface area (Å²) in [6.07, 6.45) is 6.16. The lowest BCUT2D eigenvalue weighted by Crippen LogP contribution is -2.54. The van der Waals surface area contributed by atoms with Crippen molar-refractivity contribution in [3.8, 4) is 0 Å². The van der Waals surface area contributed by atoms with Gasteiger partial charge in [0.25, 0.3) is 0 Å². The fourth-order valence-electron chi connectivity index (χ4n) is 2.17. The average Bonchev–Trinajstić information content (AvgIpc) is 2.87. The summed E-state index contributed by atoms with van der Waals surface area (Å²) in [5.74, 6) is 0. The standard InChI is InChI=1S/C14H25BN2O4/c1-13(2,18)14(3,4)21-15(19)11-9-16-10-17(11)12-7-5-6-8-20-12/h9-10,12,18-19H,5-8H2,1-4H3/t12-/m0/s1. The Bertz CT molecular complexity index is 464. The van der Waals surface area contributed by atoms with E-state index in [1.54, 1.807) is 40.2 Å². The highest BCUT2D eigenvalue weighted by Gasteiger charge is 2.40. The van der Waals surface area contributed by atoms with E-state index in [4.69, 9.17) is 9.39 Å². The molecule has 21 heavy (non-hydrogen) atoms. The second-order valence-electron chi connectivity index (χ2n) is 6.59. The van der Waals surface area contributed by atoms with Gasteiger partial charge in [0.15, 0.2) is 0 Å². The van der Waals surface area contributed by atoms with E-state index in [1.807, 2.05) is 4.57 Å². The third kappa shape index (κ3) is 3.66. The molecule has 0 amide bonds. The highest BCUT2D eigenvalue weighted by atomic mass is 16.6. The lowest BCUT2D eigenvalue weighted by Gasteiger charge is -2.38. The Morgan fingerprint density at radius 2 is 2.10 bits per heavy atom. The first-order chi connectivity index (χ1) is 9.72. The predicted molar refractivity (Wildman–Crippen MR) is 80.1 cm³/mol. The Morgan fingerprint density at radius 3 is 2.67 bits per heavy atom. The molecule has 1 aromatic rings. The monoisotopic (exact) mass is 296 g/mol. The van der Waals surface area contributed by atoms with Crippen molar-refractivity contribution in [3.05, 3.63) is 12.5 Å². The van der Waals surface area contributed by atoms with Crippen LogP contribution in [0.15, 0.2) is 12.5 Å². The second-order valence-corrected chi connectivity index (χ2v) is 6.59. The molecule has 0 bridgehead atoms. The fraction of sp³-hybridized carbons (Fsp3) is 0.786. The van der Waals surface area contributed by atoms with Crippen molar-refractivity contribution in [2.24, 2.45) is 0 Å². The maximum atomic E-state index is 10.4. The molecule has 6 nitrogen and oxygen atoms in total. The van der Waals surface area contributed by atoms with Gasteiger partial charge in [0.05, 0.1) is 23.1 Å². The van der Waals surface area contributed by atoms with Crippen LogP contribution in [0, 0.1) is 0 Å². The molecule has 1 aromatic heterocycles. The van der Waals surface area contributed by atoms with Crippen molar-refractivity contribution in [3.63, 3.8) is 0 Å². The van der Waals surface area contributed by atoms with Crippen molar-refractivity contribution >= 4 is 12.7 Å². The molecule has 2 rings (SSSR count). The third-order valence-corrected chi connectivity index (χ3v) is 4.29. The topological polar surface area (TPSA) is 76.7 Å². The first-order valence-electron chi connectivity index (χ1n) is 7.44. The molecule has 1 saturated heterocycles. The van der Waals surface area contributed by atoms with Crippen LogP contribution >= 0.6 is 0 Å². The molecule has 1 fully saturated rings. The fourth-order valence-corrected chi connectivity index (χ4v) is 2.17. The highest BCUT2D eigenvalue weighted by molar-refractivity contribution is 6.59. The SMILES string of the molecule is CC(C)(O)C(C)(C)OB(O)c1cncn1[C@@H]1CCCCO1. The molecule has 7 heteroatoms. The van der Waals surface area contributed by atoms with Gasteiger partial charge in [-0.25, -0.2) is 4.98 Å². The van der Waals surface area contributed by atoms with Crippen molar-refractivity contribution < 1.29 is 19.5 Å². The molecule has 0 spiro atoms. The number of rotatable bonds is 5. The quantitative estimate of drug-likeness (QED) is 0.787. The smallest absolute Gasteiger partial charge is 0.422 e. The van der Waals surface area contributed by atoms with Gasteiger partial charge in [0, 0.05) is 12.8 Å². The largest absolute Gasteiger partial charge is 0.510 e. The summed E-state index contributed by atoms with van der Waals surface area (Å²) in [4.78, 5) is 4.09. The zero-order valence-electron chi connectivity index (χ0n) is 13.2. The van der Waals surface area contributed by atoms with E-state index in [9.17, 15) is 10.1 Å². The van der Waals surface area contributed by atoms with Crippen LogP contribution in [-0.2, 0) is 9.39 Å². The van der Waals surface area contributed by atoms with E-state index >= 15 is 0 Å². The van der Waals surface area contributed by atoms with Gasteiger partial charge in [-0.05, 0) is 47.0 Å². The number of ether oxygens (including phenoxy) is 1. The van der Waals surface area contributed by atoms with E-state index in [2.05, 4.69) is 4.98 Å². The van der Waals surface area contributed by atoms with Crippen LogP contribution in [0.1, 0.15) is 53.2 Å². The van der Waals surface area contributed by atoms with Gasteiger partial charge >= 0.3 is 7.12 Å². The van der Waals surface area contributed by atoms with Crippen LogP contribution in [0.4, 0.5) is 0 Å². The molecule has 0 aliphatic carbocycles. The normalized spacial score (nSPS) is 20.6. The van der Waals surface area contributed by atoms with Crippen molar-refractivity contribution in [2.75, 3.05) is 6.61 Å². The lowest BCUT2D eigenvalue weighted by atomic mass is 9.80. The number of nitrogens with zero attached hydrogens (tertiary/aromatic N) is 2. The molecular weight excluding hydrogens is 271 g/mol. The number of imidazole rings is 1. The molecule has 1 atom stereocenters. The highest BCUT2D eigenvalue weighted by Crippen LogP contribution is 2.26. The van der Waals surface area contributed by atoms with Crippen LogP contribution in [0.2, 0.25) is 0 Å². The first kappa shape index (κ1) is 16.5. The van der Waals surface area contributed by atoms with Gasteiger partial charge in [0.2, 0.25) is 0 Å². The maximum Gasteiger partial charge on any atom is 0.510 e. The van der Waals surface area contributed by atoms with E-state index in [-0.39, 0.29) is 6.23 Å². The van der Waals surface area contributed by atoms with E-state index in [1.165, 1.54) is 0 Å². The van der Waals surface area contributed by atoms with Gasteiger partial charge < -0.3 is 24.1 Å². The summed E-state index contributed by atoms with van der Waals surface area (Å²) in [6.45, 7) is 7.51. The Kier molecular flexibility index (Phi) is 4.77. The predicted octanol–water partition coefficient (Wildman–Crippen LogP) is 0.836. The van der Waals surface area contributed by atoms with Crippen molar-refractivity contribution in [1.29, 1.82) is 0 Å². The minimum atomic E-state index is -1.17. The molecule has 0 unspecified atom stereocenters. The zero-order valence-corrected chi connectivity index (χ0v) is 13.2. The van der Waals surface area contributed by atoms with Gasteiger partial charge in [-0.2, -0.15) is 0 Å². The Labute approximate surface area is 126 Å². The van der Waals surface area contributed by atoms with Crippen LogP contribution < -0.4 is 5.59 Å². The Balaban J connectivity index is 2.13. The lowest BCUT2D eigenvalue weighted by molar-refractivity contribution is -0.0987. The molecule has 0 radical (unpaired) electrons. The van der Waals surface area contributed by atoms with E-state index < -0.39 is 18.3 Å². The molecule has 2 heterocycles. The van der Waals surface area contributed by atoms with Crippen LogP contribution in [-0.4, -0.2) is 44.6 Å². The summed E-state index contributed by atoms with van der Waals surface area (Å²) in [7, 11) is -1.17. The first-order valence-corrected chi connectivity index (χ1v) is 7.44. The second kappa shape index (κ2) is 6.08. The average molecular weight is 296 g/mol. The summed E-state index contributed by atoms with van der Waals surface area (Å²) < 4.78 is 13.2. The van der Waals surface area contributed by atoms with Crippen molar-refractivity contribution in [2.45, 2.75) is 64.4 Å². The summed E-state index contributed by atoms with van der Waals surface area (Å²) >= 11 is 0. The molecule has 1 aliphatic rings. The summed E-state index contributed by atoms with van der Waals surface area (Å²) in [5, 5.41) is 20.5. The minimum absolute atomic E-state index is 0.111. The number of aliphatic hydroxyl groups is 1. The molecule has 118 valence electrons. The van der Waals surface area contributed by atoms with Crippen LogP contribution in [0.5, 0.6) is 0 Å². The Hall–Kier alpha value is -0.885. The zero-order chi connectivity index (χ0) is 15.7.